The van der Waals surface area contributed by atoms with Crippen molar-refractivity contribution in [1.82, 2.24) is 10.6 Å². The monoisotopic (exact) mass is 306 g/mol. The highest BCUT2D eigenvalue weighted by atomic mass is 19.1. The van der Waals surface area contributed by atoms with Crippen LogP contribution in [0.15, 0.2) is 28.7 Å². The molecule has 3 rings (SSSR count). The predicted molar refractivity (Wildman–Crippen MR) is 80.6 cm³/mol. The van der Waals surface area contributed by atoms with E-state index in [1.807, 2.05) is 18.2 Å². The van der Waals surface area contributed by atoms with Crippen LogP contribution >= 0.6 is 0 Å². The van der Waals surface area contributed by atoms with Crippen LogP contribution in [0.2, 0.25) is 0 Å². The van der Waals surface area contributed by atoms with Gasteiger partial charge in [0.1, 0.15) is 5.76 Å². The molecule has 1 saturated heterocycles. The number of carbonyl (C=O) groups is 1. The average Bonchev–Trinajstić information content (AvgIpc) is 3.13. The number of para-hydroxylation sites is 1. The number of hydrogen-bond donors (Lipinski definition) is 2. The Labute approximate surface area is 127 Å². The smallest absolute Gasteiger partial charge is 0.259 e. The van der Waals surface area contributed by atoms with Gasteiger partial charge in [-0.05, 0) is 25.6 Å². The van der Waals surface area contributed by atoms with E-state index in [1.165, 1.54) is 0 Å². The van der Waals surface area contributed by atoms with Crippen LogP contribution in [0, 0.1) is 0 Å². The second-order valence-electron chi connectivity index (χ2n) is 5.61. The topological polar surface area (TPSA) is 63.5 Å². The average molecular weight is 306 g/mol. The summed E-state index contributed by atoms with van der Waals surface area (Å²) in [6.07, 6.45) is 0.194. The number of halogens is 1. The molecule has 2 atom stereocenters. The molecule has 1 aromatic heterocycles. The quantitative estimate of drug-likeness (QED) is 0.910. The first-order chi connectivity index (χ1) is 10.5. The molecule has 0 spiro atoms. The molecule has 0 saturated carbocycles. The first kappa shape index (κ1) is 14.8. The van der Waals surface area contributed by atoms with E-state index in [2.05, 4.69) is 10.6 Å². The van der Waals surface area contributed by atoms with Crippen LogP contribution in [0.1, 0.15) is 25.1 Å². The third kappa shape index (κ3) is 2.54. The minimum Gasteiger partial charge on any atom is -0.493 e. The molecule has 1 aliphatic rings. The van der Waals surface area contributed by atoms with E-state index in [4.69, 9.17) is 9.15 Å². The van der Waals surface area contributed by atoms with Gasteiger partial charge in [-0.15, -0.1) is 0 Å². The summed E-state index contributed by atoms with van der Waals surface area (Å²) in [4.78, 5) is 12.1. The number of ether oxygens (including phenoxy) is 1. The largest absolute Gasteiger partial charge is 0.493 e. The lowest BCUT2D eigenvalue weighted by atomic mass is 10.0. The minimum absolute atomic E-state index is 0.0551. The first-order valence-electron chi connectivity index (χ1n) is 7.30. The fourth-order valence-corrected chi connectivity index (χ4v) is 2.68. The van der Waals surface area contributed by atoms with E-state index in [0.29, 0.717) is 23.6 Å². The molecule has 2 N–H and O–H groups in total. The first-order valence-corrected chi connectivity index (χ1v) is 7.30. The summed E-state index contributed by atoms with van der Waals surface area (Å²) in [7, 11) is 1.57. The number of carbonyl (C=O) groups excluding carboxylic acids is 1. The van der Waals surface area contributed by atoms with Crippen molar-refractivity contribution in [2.75, 3.05) is 20.2 Å². The molecule has 1 aliphatic heterocycles. The van der Waals surface area contributed by atoms with Crippen LogP contribution in [0.5, 0.6) is 5.75 Å². The van der Waals surface area contributed by atoms with Gasteiger partial charge < -0.3 is 19.8 Å². The van der Waals surface area contributed by atoms with Gasteiger partial charge in [0.2, 0.25) is 5.67 Å². The van der Waals surface area contributed by atoms with Crippen LogP contribution in [0.25, 0.3) is 11.0 Å². The van der Waals surface area contributed by atoms with Crippen LogP contribution in [-0.4, -0.2) is 31.8 Å². The van der Waals surface area contributed by atoms with Gasteiger partial charge in [-0.2, -0.15) is 0 Å². The van der Waals surface area contributed by atoms with Crippen molar-refractivity contribution in [3.63, 3.8) is 0 Å². The van der Waals surface area contributed by atoms with Crippen molar-refractivity contribution in [2.24, 2.45) is 0 Å². The van der Waals surface area contributed by atoms with Gasteiger partial charge in [-0.1, -0.05) is 12.1 Å². The fraction of sp³-hybridized carbons (Fsp3) is 0.438. The lowest BCUT2D eigenvalue weighted by molar-refractivity contribution is -0.132. The van der Waals surface area contributed by atoms with Crippen molar-refractivity contribution < 1.29 is 18.3 Å². The van der Waals surface area contributed by atoms with Crippen molar-refractivity contribution in [3.05, 3.63) is 30.0 Å². The van der Waals surface area contributed by atoms with E-state index < -0.39 is 17.6 Å². The molecule has 0 bridgehead atoms. The molecule has 0 unspecified atom stereocenters. The zero-order chi connectivity index (χ0) is 15.7. The van der Waals surface area contributed by atoms with Crippen molar-refractivity contribution >= 4 is 16.9 Å². The molecule has 2 heterocycles. The van der Waals surface area contributed by atoms with E-state index in [0.717, 1.165) is 5.39 Å². The van der Waals surface area contributed by atoms with E-state index in [9.17, 15) is 9.18 Å². The third-order valence-electron chi connectivity index (χ3n) is 4.03. The minimum atomic E-state index is -1.84. The molecule has 1 aromatic carbocycles. The van der Waals surface area contributed by atoms with Crippen LogP contribution in [0.4, 0.5) is 4.39 Å². The molecule has 6 heteroatoms. The van der Waals surface area contributed by atoms with Gasteiger partial charge in [-0.25, -0.2) is 4.39 Å². The standard InChI is InChI=1S/C16H19FN2O3/c1-10(19-15(20)16(17)6-7-18-9-16)13-8-11-4-3-5-12(21-2)14(11)22-13/h3-5,8,10,18H,6-7,9H2,1-2H3,(H,19,20)/t10-,16+/m0/s1. The fourth-order valence-electron chi connectivity index (χ4n) is 2.68. The Bertz CT molecular complexity index is 692. The molecular weight excluding hydrogens is 287 g/mol. The molecule has 1 amide bonds. The summed E-state index contributed by atoms with van der Waals surface area (Å²) in [6, 6.07) is 6.99. The van der Waals surface area contributed by atoms with Crippen LogP contribution < -0.4 is 15.4 Å². The van der Waals surface area contributed by atoms with E-state index in [1.54, 1.807) is 20.1 Å². The number of furan rings is 1. The summed E-state index contributed by atoms with van der Waals surface area (Å²) < 4.78 is 25.4. The zero-order valence-electron chi connectivity index (χ0n) is 12.6. The Hall–Kier alpha value is -2.08. The highest BCUT2D eigenvalue weighted by Gasteiger charge is 2.42. The summed E-state index contributed by atoms with van der Waals surface area (Å²) in [5.74, 6) is 0.601. The van der Waals surface area contributed by atoms with Gasteiger partial charge in [0.15, 0.2) is 11.3 Å². The maximum Gasteiger partial charge on any atom is 0.259 e. The Morgan fingerprint density at radius 3 is 3.05 bits per heavy atom. The van der Waals surface area contributed by atoms with Crippen molar-refractivity contribution in [2.45, 2.75) is 25.1 Å². The maximum atomic E-state index is 14.4. The van der Waals surface area contributed by atoms with Crippen molar-refractivity contribution in [3.8, 4) is 5.75 Å². The van der Waals surface area contributed by atoms with E-state index in [-0.39, 0.29) is 13.0 Å². The summed E-state index contributed by atoms with van der Waals surface area (Å²) in [5, 5.41) is 6.44. The number of benzene rings is 1. The predicted octanol–water partition coefficient (Wildman–Crippen LogP) is 2.32. The zero-order valence-corrected chi connectivity index (χ0v) is 12.6. The molecule has 118 valence electrons. The molecule has 5 nitrogen and oxygen atoms in total. The van der Waals surface area contributed by atoms with Gasteiger partial charge in [0.25, 0.3) is 5.91 Å². The number of rotatable bonds is 4. The summed E-state index contributed by atoms with van der Waals surface area (Å²) in [5.41, 5.74) is -1.21. The van der Waals surface area contributed by atoms with Crippen molar-refractivity contribution in [1.29, 1.82) is 0 Å². The van der Waals surface area contributed by atoms with Gasteiger partial charge in [-0.3, -0.25) is 4.79 Å². The van der Waals surface area contributed by atoms with Gasteiger partial charge >= 0.3 is 0 Å². The lowest BCUT2D eigenvalue weighted by Crippen LogP contribution is -2.45. The normalized spacial score (nSPS) is 22.7. The van der Waals surface area contributed by atoms with Crippen LogP contribution in [-0.2, 0) is 4.79 Å². The molecule has 0 aliphatic carbocycles. The Morgan fingerprint density at radius 1 is 1.55 bits per heavy atom. The van der Waals surface area contributed by atoms with Gasteiger partial charge in [0, 0.05) is 18.4 Å². The number of methoxy groups -OCH3 is 1. The summed E-state index contributed by atoms with van der Waals surface area (Å²) >= 11 is 0. The molecule has 22 heavy (non-hydrogen) atoms. The number of fused-ring (bicyclic) bond motifs is 1. The second-order valence-corrected chi connectivity index (χ2v) is 5.61. The highest BCUT2D eigenvalue weighted by Crippen LogP contribution is 2.31. The lowest BCUT2D eigenvalue weighted by Gasteiger charge is -2.20. The number of hydrogen-bond acceptors (Lipinski definition) is 4. The molecule has 0 radical (unpaired) electrons. The Morgan fingerprint density at radius 2 is 2.36 bits per heavy atom. The van der Waals surface area contributed by atoms with Crippen LogP contribution in [0.3, 0.4) is 0 Å². The number of alkyl halides is 1. The summed E-state index contributed by atoms with van der Waals surface area (Å²) in [6.45, 7) is 2.34. The molecular formula is C16H19FN2O3. The SMILES string of the molecule is COc1cccc2cc([C@H](C)NC(=O)[C@@]3(F)CCNC3)oc12. The third-order valence-corrected chi connectivity index (χ3v) is 4.03. The number of amides is 1. The van der Waals surface area contributed by atoms with Gasteiger partial charge in [0.05, 0.1) is 13.2 Å². The maximum absolute atomic E-state index is 14.4. The second kappa shape index (κ2) is 5.61. The van der Waals surface area contributed by atoms with E-state index >= 15 is 0 Å². The molecule has 2 aromatic rings. The Kier molecular flexibility index (Phi) is 3.78. The highest BCUT2D eigenvalue weighted by molar-refractivity contribution is 5.87. The molecule has 1 fully saturated rings. The number of nitrogens with one attached hydrogen (secondary N) is 2. The Balaban J connectivity index is 1.80.